The van der Waals surface area contributed by atoms with E-state index in [1.165, 1.54) is 16.7 Å². The fraction of sp³-hybridized carbons (Fsp3) is 0.611. The second-order valence-electron chi connectivity index (χ2n) is 6.58. The third-order valence-corrected chi connectivity index (χ3v) is 4.72. The summed E-state index contributed by atoms with van der Waals surface area (Å²) >= 11 is 0. The Hall–Kier alpha value is -1.35. The molecule has 3 nitrogen and oxygen atoms in total. The van der Waals surface area contributed by atoms with Crippen LogP contribution in [0.5, 0.6) is 0 Å². The monoisotopic (exact) mass is 288 g/mol. The van der Waals surface area contributed by atoms with E-state index in [0.29, 0.717) is 12.3 Å². The second-order valence-corrected chi connectivity index (χ2v) is 6.58. The topological polar surface area (TPSA) is 32.3 Å². The number of carbonyl (C=O) groups excluding carboxylic acids is 1. The average molecular weight is 288 g/mol. The highest BCUT2D eigenvalue weighted by atomic mass is 16.1. The first kappa shape index (κ1) is 16.0. The Bertz CT molecular complexity index is 490. The lowest BCUT2D eigenvalue weighted by molar-refractivity contribution is -0.123. The van der Waals surface area contributed by atoms with Gasteiger partial charge in [0, 0.05) is 6.42 Å². The fourth-order valence-electron chi connectivity index (χ4n) is 2.95. The van der Waals surface area contributed by atoms with E-state index in [-0.39, 0.29) is 11.9 Å². The van der Waals surface area contributed by atoms with E-state index >= 15 is 0 Å². The van der Waals surface area contributed by atoms with Gasteiger partial charge in [-0.3, -0.25) is 4.79 Å². The Morgan fingerprint density at radius 2 is 1.95 bits per heavy atom. The van der Waals surface area contributed by atoms with E-state index < -0.39 is 0 Å². The molecule has 1 saturated heterocycles. The molecule has 1 heterocycles. The zero-order valence-corrected chi connectivity index (χ0v) is 13.8. The van der Waals surface area contributed by atoms with Crippen LogP contribution in [0.4, 0.5) is 0 Å². The molecule has 1 amide bonds. The molecule has 1 aromatic rings. The van der Waals surface area contributed by atoms with Gasteiger partial charge in [0.05, 0.1) is 6.04 Å². The van der Waals surface area contributed by atoms with Crippen LogP contribution in [0.2, 0.25) is 0 Å². The third kappa shape index (κ3) is 4.57. The second kappa shape index (κ2) is 7.08. The predicted octanol–water partition coefficient (Wildman–Crippen LogP) is 3.21. The molecule has 1 aromatic carbocycles. The Balaban J connectivity index is 1.85. The third-order valence-electron chi connectivity index (χ3n) is 4.72. The summed E-state index contributed by atoms with van der Waals surface area (Å²) < 4.78 is 0. The predicted molar refractivity (Wildman–Crippen MR) is 87.3 cm³/mol. The first-order valence-electron chi connectivity index (χ1n) is 8.00. The van der Waals surface area contributed by atoms with Crippen LogP contribution < -0.4 is 5.32 Å². The molecule has 1 atom stereocenters. The summed E-state index contributed by atoms with van der Waals surface area (Å²) in [7, 11) is 2.15. The molecule has 0 radical (unpaired) electrons. The number of nitrogens with zero attached hydrogens (tertiary/aromatic N) is 1. The molecular formula is C18H28N2O. The molecule has 0 spiro atoms. The van der Waals surface area contributed by atoms with Crippen LogP contribution in [-0.2, 0) is 4.79 Å². The first-order valence-corrected chi connectivity index (χ1v) is 8.00. The molecule has 0 bridgehead atoms. The van der Waals surface area contributed by atoms with Crippen LogP contribution in [0.15, 0.2) is 18.2 Å². The van der Waals surface area contributed by atoms with Crippen LogP contribution in [0.25, 0.3) is 0 Å². The number of amides is 1. The number of benzene rings is 1. The van der Waals surface area contributed by atoms with E-state index in [2.05, 4.69) is 56.2 Å². The van der Waals surface area contributed by atoms with E-state index in [1.807, 2.05) is 0 Å². The van der Waals surface area contributed by atoms with Gasteiger partial charge in [-0.15, -0.1) is 0 Å². The molecule has 0 unspecified atom stereocenters. The lowest BCUT2D eigenvalue weighted by atomic mass is 9.93. The molecule has 0 aliphatic carbocycles. The number of aryl methyl sites for hydroxylation is 2. The molecule has 116 valence electrons. The molecule has 1 fully saturated rings. The van der Waals surface area contributed by atoms with Gasteiger partial charge in [-0.05, 0) is 76.4 Å². The number of likely N-dealkylation sites (tertiary alicyclic amines) is 1. The van der Waals surface area contributed by atoms with Crippen molar-refractivity contribution in [1.82, 2.24) is 10.2 Å². The molecule has 21 heavy (non-hydrogen) atoms. The summed E-state index contributed by atoms with van der Waals surface area (Å²) in [6, 6.07) is 6.51. The van der Waals surface area contributed by atoms with Gasteiger partial charge in [-0.1, -0.05) is 18.2 Å². The van der Waals surface area contributed by atoms with Crippen molar-refractivity contribution in [3.8, 4) is 0 Å². The molecular weight excluding hydrogens is 260 g/mol. The van der Waals surface area contributed by atoms with Crippen molar-refractivity contribution in [3.05, 3.63) is 34.9 Å². The quantitative estimate of drug-likeness (QED) is 0.922. The number of carbonyl (C=O) groups is 1. The minimum Gasteiger partial charge on any atom is -0.350 e. The number of piperidine rings is 1. The standard InChI is InChI=1S/C18H28N2O/c1-13-5-6-17(11-14(13)2)15(3)19-18(21)12-16-7-9-20(4)10-8-16/h5-6,11,15-16H,7-10,12H2,1-4H3,(H,19,21)/t15-/m1/s1. The highest BCUT2D eigenvalue weighted by molar-refractivity contribution is 5.76. The van der Waals surface area contributed by atoms with Gasteiger partial charge in [0.2, 0.25) is 5.91 Å². The van der Waals surface area contributed by atoms with Crippen molar-refractivity contribution in [1.29, 1.82) is 0 Å². The average Bonchev–Trinajstić information content (AvgIpc) is 2.44. The summed E-state index contributed by atoms with van der Waals surface area (Å²) in [6.07, 6.45) is 2.95. The Morgan fingerprint density at radius 1 is 1.29 bits per heavy atom. The Labute approximate surface area is 128 Å². The molecule has 1 N–H and O–H groups in total. The summed E-state index contributed by atoms with van der Waals surface area (Å²) in [6.45, 7) is 8.53. The van der Waals surface area contributed by atoms with Crippen molar-refractivity contribution in [3.63, 3.8) is 0 Å². The van der Waals surface area contributed by atoms with Crippen LogP contribution in [0, 0.1) is 19.8 Å². The number of hydrogen-bond donors (Lipinski definition) is 1. The van der Waals surface area contributed by atoms with Gasteiger partial charge in [0.1, 0.15) is 0 Å². The summed E-state index contributed by atoms with van der Waals surface area (Å²) in [5.74, 6) is 0.739. The molecule has 0 aromatic heterocycles. The molecule has 0 saturated carbocycles. The zero-order valence-electron chi connectivity index (χ0n) is 13.8. The lowest BCUT2D eigenvalue weighted by Crippen LogP contribution is -2.34. The number of hydrogen-bond acceptors (Lipinski definition) is 2. The van der Waals surface area contributed by atoms with Crippen molar-refractivity contribution >= 4 is 5.91 Å². The SMILES string of the molecule is Cc1ccc([C@@H](C)NC(=O)CC2CCN(C)CC2)cc1C. The van der Waals surface area contributed by atoms with Crippen LogP contribution >= 0.6 is 0 Å². The van der Waals surface area contributed by atoms with Gasteiger partial charge in [-0.25, -0.2) is 0 Å². The van der Waals surface area contributed by atoms with Crippen LogP contribution in [0.1, 0.15) is 48.9 Å². The summed E-state index contributed by atoms with van der Waals surface area (Å²) in [5, 5.41) is 3.15. The maximum atomic E-state index is 12.2. The first-order chi connectivity index (χ1) is 9.95. The molecule has 2 rings (SSSR count). The minimum atomic E-state index is 0.0862. The molecule has 1 aliphatic heterocycles. The summed E-state index contributed by atoms with van der Waals surface area (Å²) in [4.78, 5) is 14.5. The van der Waals surface area contributed by atoms with Gasteiger partial charge in [0.25, 0.3) is 0 Å². The molecule has 1 aliphatic rings. The van der Waals surface area contributed by atoms with Crippen LogP contribution in [-0.4, -0.2) is 30.9 Å². The Morgan fingerprint density at radius 3 is 2.57 bits per heavy atom. The maximum absolute atomic E-state index is 12.2. The highest BCUT2D eigenvalue weighted by Crippen LogP contribution is 2.21. The van der Waals surface area contributed by atoms with E-state index in [1.54, 1.807) is 0 Å². The van der Waals surface area contributed by atoms with Gasteiger partial charge in [0.15, 0.2) is 0 Å². The number of rotatable bonds is 4. The van der Waals surface area contributed by atoms with E-state index in [9.17, 15) is 4.79 Å². The van der Waals surface area contributed by atoms with Gasteiger partial charge < -0.3 is 10.2 Å². The van der Waals surface area contributed by atoms with Crippen molar-refractivity contribution in [2.24, 2.45) is 5.92 Å². The number of nitrogens with one attached hydrogen (secondary N) is 1. The maximum Gasteiger partial charge on any atom is 0.220 e. The Kier molecular flexibility index (Phi) is 5.40. The van der Waals surface area contributed by atoms with E-state index in [4.69, 9.17) is 0 Å². The highest BCUT2D eigenvalue weighted by Gasteiger charge is 2.20. The van der Waals surface area contributed by atoms with Crippen LogP contribution in [0.3, 0.4) is 0 Å². The van der Waals surface area contributed by atoms with Gasteiger partial charge >= 0.3 is 0 Å². The van der Waals surface area contributed by atoms with E-state index in [0.717, 1.165) is 25.9 Å². The normalized spacial score (nSPS) is 18.5. The van der Waals surface area contributed by atoms with Crippen molar-refractivity contribution < 1.29 is 4.79 Å². The zero-order chi connectivity index (χ0) is 15.4. The smallest absolute Gasteiger partial charge is 0.220 e. The minimum absolute atomic E-state index is 0.0862. The van der Waals surface area contributed by atoms with Crippen molar-refractivity contribution in [2.75, 3.05) is 20.1 Å². The lowest BCUT2D eigenvalue weighted by Gasteiger charge is -2.28. The van der Waals surface area contributed by atoms with Crippen molar-refractivity contribution in [2.45, 2.75) is 46.1 Å². The summed E-state index contributed by atoms with van der Waals surface area (Å²) in [5.41, 5.74) is 3.77. The molecule has 3 heteroatoms. The fourth-order valence-corrected chi connectivity index (χ4v) is 2.95. The largest absolute Gasteiger partial charge is 0.350 e. The van der Waals surface area contributed by atoms with Gasteiger partial charge in [-0.2, -0.15) is 0 Å².